The van der Waals surface area contributed by atoms with Gasteiger partial charge in [-0.25, -0.2) is 4.39 Å². The molecule has 1 aromatic carbocycles. The van der Waals surface area contributed by atoms with Crippen molar-refractivity contribution in [2.24, 2.45) is 5.73 Å². The van der Waals surface area contributed by atoms with Gasteiger partial charge in [-0.3, -0.25) is 0 Å². The van der Waals surface area contributed by atoms with Crippen LogP contribution in [-0.4, -0.2) is 26.2 Å². The summed E-state index contributed by atoms with van der Waals surface area (Å²) in [6.07, 6.45) is 0. The second-order valence-electron chi connectivity index (χ2n) is 3.81. The van der Waals surface area contributed by atoms with E-state index in [-0.39, 0.29) is 5.82 Å². The maximum absolute atomic E-state index is 14.1. The number of nitrogens with two attached hydrogens (primary N) is 1. The first-order valence-corrected chi connectivity index (χ1v) is 6.16. The van der Waals surface area contributed by atoms with Gasteiger partial charge in [0, 0.05) is 32.7 Å². The standard InChI is InChI=1S/C11H15BrFN3/c12-10-8(7-14)1-2-9(11(10)13)16-5-3-15-4-6-16/h1-2,15H,3-7,14H2. The van der Waals surface area contributed by atoms with Gasteiger partial charge in [0.05, 0.1) is 10.2 Å². The normalized spacial score (nSPS) is 16.6. The van der Waals surface area contributed by atoms with Crippen LogP contribution >= 0.6 is 15.9 Å². The third kappa shape index (κ3) is 2.21. The number of nitrogens with one attached hydrogen (secondary N) is 1. The Labute approximate surface area is 103 Å². The molecule has 1 saturated heterocycles. The number of rotatable bonds is 2. The molecule has 0 radical (unpaired) electrons. The Balaban J connectivity index is 2.30. The molecule has 1 aromatic rings. The molecule has 1 heterocycles. The fraction of sp³-hybridized carbons (Fsp3) is 0.455. The van der Waals surface area contributed by atoms with Crippen molar-refractivity contribution in [1.82, 2.24) is 5.32 Å². The molecule has 0 bridgehead atoms. The fourth-order valence-electron chi connectivity index (χ4n) is 1.89. The Morgan fingerprint density at radius 2 is 2.06 bits per heavy atom. The maximum Gasteiger partial charge on any atom is 0.160 e. The van der Waals surface area contributed by atoms with Crippen LogP contribution in [0.1, 0.15) is 5.56 Å². The van der Waals surface area contributed by atoms with Gasteiger partial charge in [-0.2, -0.15) is 0 Å². The van der Waals surface area contributed by atoms with Crippen molar-refractivity contribution in [3.05, 3.63) is 28.0 Å². The smallest absolute Gasteiger partial charge is 0.160 e. The molecule has 16 heavy (non-hydrogen) atoms. The molecule has 3 nitrogen and oxygen atoms in total. The Bertz CT molecular complexity index is 378. The number of hydrogen-bond acceptors (Lipinski definition) is 3. The van der Waals surface area contributed by atoms with E-state index in [0.717, 1.165) is 31.7 Å². The van der Waals surface area contributed by atoms with Crippen LogP contribution in [0, 0.1) is 5.82 Å². The van der Waals surface area contributed by atoms with Crippen LogP contribution in [0.25, 0.3) is 0 Å². The summed E-state index contributed by atoms with van der Waals surface area (Å²) in [5.41, 5.74) is 6.99. The van der Waals surface area contributed by atoms with Crippen molar-refractivity contribution < 1.29 is 4.39 Å². The maximum atomic E-state index is 14.1. The average molecular weight is 288 g/mol. The van der Waals surface area contributed by atoms with Gasteiger partial charge in [0.25, 0.3) is 0 Å². The topological polar surface area (TPSA) is 41.3 Å². The predicted molar refractivity (Wildman–Crippen MR) is 67.1 cm³/mol. The highest BCUT2D eigenvalue weighted by Crippen LogP contribution is 2.29. The van der Waals surface area contributed by atoms with Crippen LogP contribution in [-0.2, 0) is 6.54 Å². The zero-order valence-electron chi connectivity index (χ0n) is 8.97. The molecule has 0 aliphatic carbocycles. The first-order chi connectivity index (χ1) is 7.74. The van der Waals surface area contributed by atoms with E-state index < -0.39 is 0 Å². The Hall–Kier alpha value is -0.650. The zero-order chi connectivity index (χ0) is 11.5. The van der Waals surface area contributed by atoms with Gasteiger partial charge < -0.3 is 16.0 Å². The molecule has 3 N–H and O–H groups in total. The highest BCUT2D eigenvalue weighted by molar-refractivity contribution is 9.10. The molecule has 0 atom stereocenters. The molecule has 0 aromatic heterocycles. The molecule has 0 amide bonds. The molecular formula is C11H15BrFN3. The van der Waals surface area contributed by atoms with Gasteiger partial charge in [-0.05, 0) is 27.6 Å². The predicted octanol–water partition coefficient (Wildman–Crippen LogP) is 1.46. The molecule has 0 saturated carbocycles. The molecule has 0 unspecified atom stereocenters. The monoisotopic (exact) mass is 287 g/mol. The number of hydrogen-bond donors (Lipinski definition) is 2. The third-order valence-corrected chi connectivity index (χ3v) is 3.68. The summed E-state index contributed by atoms with van der Waals surface area (Å²) in [5, 5.41) is 3.25. The quantitative estimate of drug-likeness (QED) is 0.865. The van der Waals surface area contributed by atoms with Gasteiger partial charge >= 0.3 is 0 Å². The van der Waals surface area contributed by atoms with Crippen molar-refractivity contribution >= 4 is 21.6 Å². The van der Waals surface area contributed by atoms with E-state index in [1.54, 1.807) is 0 Å². The average Bonchev–Trinajstić information content (AvgIpc) is 2.34. The van der Waals surface area contributed by atoms with Gasteiger partial charge in [-0.1, -0.05) is 6.07 Å². The summed E-state index contributed by atoms with van der Waals surface area (Å²) in [7, 11) is 0. The lowest BCUT2D eigenvalue weighted by Crippen LogP contribution is -2.43. The lowest BCUT2D eigenvalue weighted by atomic mass is 10.1. The summed E-state index contributed by atoms with van der Waals surface area (Å²) in [5.74, 6) is -0.204. The first-order valence-electron chi connectivity index (χ1n) is 5.36. The number of anilines is 1. The third-order valence-electron chi connectivity index (χ3n) is 2.82. The Morgan fingerprint density at radius 3 is 2.69 bits per heavy atom. The summed E-state index contributed by atoms with van der Waals surface area (Å²) in [6.45, 7) is 3.82. The van der Waals surface area contributed by atoms with E-state index in [0.29, 0.717) is 16.7 Å². The van der Waals surface area contributed by atoms with Crippen LogP contribution in [0.5, 0.6) is 0 Å². The minimum Gasteiger partial charge on any atom is -0.367 e. The highest BCUT2D eigenvalue weighted by atomic mass is 79.9. The van der Waals surface area contributed by atoms with Crippen molar-refractivity contribution in [2.75, 3.05) is 31.1 Å². The fourth-order valence-corrected chi connectivity index (χ4v) is 2.38. The van der Waals surface area contributed by atoms with E-state index in [4.69, 9.17) is 5.73 Å². The number of nitrogens with zero attached hydrogens (tertiary/aromatic N) is 1. The molecule has 1 aliphatic heterocycles. The molecule has 88 valence electrons. The van der Waals surface area contributed by atoms with Crippen LogP contribution < -0.4 is 16.0 Å². The molecule has 1 aliphatic rings. The van der Waals surface area contributed by atoms with Gasteiger partial charge in [0.2, 0.25) is 0 Å². The summed E-state index contributed by atoms with van der Waals surface area (Å²) < 4.78 is 14.6. The second kappa shape index (κ2) is 5.12. The van der Waals surface area contributed by atoms with E-state index in [1.807, 2.05) is 12.1 Å². The summed E-state index contributed by atoms with van der Waals surface area (Å²) in [6, 6.07) is 3.69. The molecular weight excluding hydrogens is 273 g/mol. The van der Waals surface area contributed by atoms with Crippen LogP contribution in [0.15, 0.2) is 16.6 Å². The summed E-state index contributed by atoms with van der Waals surface area (Å²) in [4.78, 5) is 2.05. The summed E-state index contributed by atoms with van der Waals surface area (Å²) >= 11 is 3.26. The number of halogens is 2. The van der Waals surface area contributed by atoms with Gasteiger partial charge in [0.1, 0.15) is 0 Å². The van der Waals surface area contributed by atoms with Gasteiger partial charge in [-0.15, -0.1) is 0 Å². The molecule has 2 rings (SSSR count). The van der Waals surface area contributed by atoms with Crippen molar-refractivity contribution in [2.45, 2.75) is 6.54 Å². The van der Waals surface area contributed by atoms with Crippen molar-refractivity contribution in [1.29, 1.82) is 0 Å². The minimum absolute atomic E-state index is 0.204. The Morgan fingerprint density at radius 1 is 1.38 bits per heavy atom. The first kappa shape index (κ1) is 11.8. The lowest BCUT2D eigenvalue weighted by Gasteiger charge is -2.30. The lowest BCUT2D eigenvalue weighted by molar-refractivity contribution is 0.563. The van der Waals surface area contributed by atoms with E-state index in [1.165, 1.54) is 0 Å². The van der Waals surface area contributed by atoms with Crippen molar-refractivity contribution in [3.63, 3.8) is 0 Å². The molecule has 0 spiro atoms. The number of piperazine rings is 1. The minimum atomic E-state index is -0.204. The van der Waals surface area contributed by atoms with Crippen LogP contribution in [0.4, 0.5) is 10.1 Å². The molecule has 5 heteroatoms. The SMILES string of the molecule is NCc1ccc(N2CCNCC2)c(F)c1Br. The van der Waals surface area contributed by atoms with Crippen molar-refractivity contribution in [3.8, 4) is 0 Å². The van der Waals surface area contributed by atoms with Crippen LogP contribution in [0.3, 0.4) is 0 Å². The number of benzene rings is 1. The largest absolute Gasteiger partial charge is 0.367 e. The van der Waals surface area contributed by atoms with Gasteiger partial charge in [0.15, 0.2) is 5.82 Å². The second-order valence-corrected chi connectivity index (χ2v) is 4.61. The Kier molecular flexibility index (Phi) is 3.78. The van der Waals surface area contributed by atoms with E-state index in [9.17, 15) is 4.39 Å². The zero-order valence-corrected chi connectivity index (χ0v) is 10.6. The van der Waals surface area contributed by atoms with Crippen LogP contribution in [0.2, 0.25) is 0 Å². The molecule has 1 fully saturated rings. The van der Waals surface area contributed by atoms with E-state index in [2.05, 4.69) is 26.1 Å². The van der Waals surface area contributed by atoms with E-state index >= 15 is 0 Å². The highest BCUT2D eigenvalue weighted by Gasteiger charge is 2.17.